The molecule has 2 heterocycles. The van der Waals surface area contributed by atoms with Gasteiger partial charge in [-0.25, -0.2) is 4.79 Å². The number of carbonyl (C=O) groups excluding carboxylic acids is 2. The number of hydrogen-bond acceptors (Lipinski definition) is 4. The van der Waals surface area contributed by atoms with E-state index in [1.54, 1.807) is 12.4 Å². The van der Waals surface area contributed by atoms with E-state index in [9.17, 15) is 9.59 Å². The summed E-state index contributed by atoms with van der Waals surface area (Å²) in [4.78, 5) is 31.7. The fourth-order valence-electron chi connectivity index (χ4n) is 3.79. The number of rotatable bonds is 3. The summed E-state index contributed by atoms with van der Waals surface area (Å²) in [6.07, 6.45) is 3.45. The zero-order valence-corrected chi connectivity index (χ0v) is 18.5. The van der Waals surface area contributed by atoms with Crippen LogP contribution in [0.3, 0.4) is 0 Å². The molecule has 0 unspecified atom stereocenters. The van der Waals surface area contributed by atoms with Crippen molar-refractivity contribution < 1.29 is 14.3 Å². The predicted molar refractivity (Wildman–Crippen MR) is 124 cm³/mol. The Morgan fingerprint density at radius 3 is 2.22 bits per heavy atom. The van der Waals surface area contributed by atoms with Gasteiger partial charge < -0.3 is 10.1 Å². The number of nitrogens with zero attached hydrogens (tertiary/aromatic N) is 2. The Morgan fingerprint density at radius 2 is 1.56 bits per heavy atom. The Morgan fingerprint density at radius 1 is 0.938 bits per heavy atom. The molecule has 1 aliphatic heterocycles. The first kappa shape index (κ1) is 21.6. The standard InChI is InChI=1S/C26H27N3O3/c1-26(2,3)32-25(31)29-17-21-7-5-4-6-20(21)16-23(29)24(30)28-22-10-8-18(9-11-22)19-12-14-27-15-13-19/h4-15,23H,16-17H2,1-3H3,(H,28,30)/t23-/m1/s1. The lowest BCUT2D eigenvalue weighted by Gasteiger charge is -2.36. The van der Waals surface area contributed by atoms with Gasteiger partial charge >= 0.3 is 6.09 Å². The third-order valence-corrected chi connectivity index (χ3v) is 5.35. The smallest absolute Gasteiger partial charge is 0.411 e. The minimum Gasteiger partial charge on any atom is -0.444 e. The van der Waals surface area contributed by atoms with Crippen LogP contribution >= 0.6 is 0 Å². The number of anilines is 1. The average molecular weight is 430 g/mol. The molecule has 1 aromatic heterocycles. The van der Waals surface area contributed by atoms with Crippen molar-refractivity contribution in [3.05, 3.63) is 84.2 Å². The molecule has 3 aromatic rings. The summed E-state index contributed by atoms with van der Waals surface area (Å²) in [6.45, 7) is 5.80. The van der Waals surface area contributed by atoms with E-state index >= 15 is 0 Å². The van der Waals surface area contributed by atoms with Gasteiger partial charge in [-0.15, -0.1) is 0 Å². The highest BCUT2D eigenvalue weighted by molar-refractivity contribution is 5.97. The van der Waals surface area contributed by atoms with Crippen molar-refractivity contribution in [2.75, 3.05) is 5.32 Å². The maximum absolute atomic E-state index is 13.2. The predicted octanol–water partition coefficient (Wildman–Crippen LogP) is 5.05. The molecule has 0 saturated carbocycles. The van der Waals surface area contributed by atoms with Gasteiger partial charge in [-0.2, -0.15) is 0 Å². The van der Waals surface area contributed by atoms with Gasteiger partial charge in [0.25, 0.3) is 0 Å². The van der Waals surface area contributed by atoms with Crippen molar-refractivity contribution in [2.45, 2.75) is 45.4 Å². The Bertz CT molecular complexity index is 1110. The molecule has 6 nitrogen and oxygen atoms in total. The van der Waals surface area contributed by atoms with Crippen molar-refractivity contribution in [1.82, 2.24) is 9.88 Å². The monoisotopic (exact) mass is 429 g/mol. The lowest BCUT2D eigenvalue weighted by molar-refractivity contribution is -0.121. The van der Waals surface area contributed by atoms with E-state index in [0.717, 1.165) is 22.3 Å². The van der Waals surface area contributed by atoms with Gasteiger partial charge in [-0.3, -0.25) is 14.7 Å². The molecule has 1 aliphatic rings. The zero-order valence-electron chi connectivity index (χ0n) is 18.5. The molecule has 1 atom stereocenters. The fourth-order valence-corrected chi connectivity index (χ4v) is 3.79. The van der Waals surface area contributed by atoms with Crippen LogP contribution in [0.15, 0.2) is 73.1 Å². The molecule has 0 radical (unpaired) electrons. The second-order valence-corrected chi connectivity index (χ2v) is 8.90. The van der Waals surface area contributed by atoms with E-state index in [1.165, 1.54) is 4.90 Å². The Hall–Kier alpha value is -3.67. The normalized spacial score (nSPS) is 15.6. The number of benzene rings is 2. The number of carbonyl (C=O) groups is 2. The second-order valence-electron chi connectivity index (χ2n) is 8.90. The molecule has 164 valence electrons. The van der Waals surface area contributed by atoms with Crippen LogP contribution in [0.4, 0.5) is 10.5 Å². The molecule has 0 spiro atoms. The molecule has 4 rings (SSSR count). The highest BCUT2D eigenvalue weighted by Crippen LogP contribution is 2.27. The van der Waals surface area contributed by atoms with Gasteiger partial charge in [0.2, 0.25) is 5.91 Å². The summed E-state index contributed by atoms with van der Waals surface area (Å²) in [5, 5.41) is 2.97. The summed E-state index contributed by atoms with van der Waals surface area (Å²) in [5.41, 5.74) is 4.23. The second kappa shape index (κ2) is 8.83. The molecule has 32 heavy (non-hydrogen) atoms. The quantitative estimate of drug-likeness (QED) is 0.632. The molecule has 0 bridgehead atoms. The topological polar surface area (TPSA) is 71.5 Å². The van der Waals surface area contributed by atoms with E-state index in [0.29, 0.717) is 18.7 Å². The average Bonchev–Trinajstić information content (AvgIpc) is 2.78. The SMILES string of the molecule is CC(C)(C)OC(=O)N1Cc2ccccc2C[C@@H]1C(=O)Nc1ccc(-c2ccncc2)cc1. The van der Waals surface area contributed by atoms with E-state index < -0.39 is 17.7 Å². The number of aromatic nitrogens is 1. The Balaban J connectivity index is 1.54. The maximum Gasteiger partial charge on any atom is 0.411 e. The van der Waals surface area contributed by atoms with E-state index in [-0.39, 0.29) is 5.91 Å². The lowest BCUT2D eigenvalue weighted by atomic mass is 9.93. The first-order chi connectivity index (χ1) is 15.3. The Kier molecular flexibility index (Phi) is 5.95. The number of hydrogen-bond donors (Lipinski definition) is 1. The molecular weight excluding hydrogens is 402 g/mol. The van der Waals surface area contributed by atoms with Gasteiger partial charge in [0.05, 0.1) is 6.54 Å². The maximum atomic E-state index is 13.2. The van der Waals surface area contributed by atoms with Crippen LogP contribution < -0.4 is 5.32 Å². The highest BCUT2D eigenvalue weighted by Gasteiger charge is 2.37. The van der Waals surface area contributed by atoms with Gasteiger partial charge in [-0.1, -0.05) is 36.4 Å². The summed E-state index contributed by atoms with van der Waals surface area (Å²) in [6, 6.07) is 18.7. The van der Waals surface area contributed by atoms with Crippen LogP contribution in [0.2, 0.25) is 0 Å². The Labute approximate surface area is 188 Å². The first-order valence-electron chi connectivity index (χ1n) is 10.7. The molecule has 1 N–H and O–H groups in total. The number of ether oxygens (including phenoxy) is 1. The minimum atomic E-state index is -0.653. The van der Waals surface area contributed by atoms with Crippen molar-refractivity contribution in [1.29, 1.82) is 0 Å². The van der Waals surface area contributed by atoms with E-state index in [4.69, 9.17) is 4.74 Å². The first-order valence-corrected chi connectivity index (χ1v) is 10.7. The fraction of sp³-hybridized carbons (Fsp3) is 0.269. The molecule has 0 saturated heterocycles. The number of amides is 2. The molecular formula is C26H27N3O3. The van der Waals surface area contributed by atoms with Gasteiger partial charge in [0, 0.05) is 24.5 Å². The number of pyridine rings is 1. The van der Waals surface area contributed by atoms with E-state index in [1.807, 2.05) is 81.4 Å². The van der Waals surface area contributed by atoms with Gasteiger partial charge in [0.1, 0.15) is 11.6 Å². The molecule has 0 aliphatic carbocycles. The third-order valence-electron chi connectivity index (χ3n) is 5.35. The van der Waals surface area contributed by atoms with Crippen LogP contribution in [-0.4, -0.2) is 33.5 Å². The molecule has 6 heteroatoms. The summed E-state index contributed by atoms with van der Waals surface area (Å²) in [5.74, 6) is -0.234. The minimum absolute atomic E-state index is 0.234. The number of fused-ring (bicyclic) bond motifs is 1. The van der Waals surface area contributed by atoms with Crippen molar-refractivity contribution >= 4 is 17.7 Å². The van der Waals surface area contributed by atoms with Crippen LogP contribution in [-0.2, 0) is 22.5 Å². The summed E-state index contributed by atoms with van der Waals surface area (Å²) >= 11 is 0. The van der Waals surface area contributed by atoms with Crippen LogP contribution in [0.25, 0.3) is 11.1 Å². The molecule has 2 amide bonds. The highest BCUT2D eigenvalue weighted by atomic mass is 16.6. The van der Waals surface area contributed by atoms with Crippen molar-refractivity contribution in [3.8, 4) is 11.1 Å². The third kappa shape index (κ3) is 4.97. The lowest BCUT2D eigenvalue weighted by Crippen LogP contribution is -2.52. The summed E-state index contributed by atoms with van der Waals surface area (Å²) < 4.78 is 5.59. The van der Waals surface area contributed by atoms with Gasteiger partial charge in [0.15, 0.2) is 0 Å². The zero-order chi connectivity index (χ0) is 22.7. The van der Waals surface area contributed by atoms with Crippen molar-refractivity contribution in [2.24, 2.45) is 0 Å². The van der Waals surface area contributed by atoms with Crippen molar-refractivity contribution in [3.63, 3.8) is 0 Å². The van der Waals surface area contributed by atoms with E-state index in [2.05, 4.69) is 10.3 Å². The van der Waals surface area contributed by atoms with Crippen LogP contribution in [0.5, 0.6) is 0 Å². The largest absolute Gasteiger partial charge is 0.444 e. The number of nitrogens with one attached hydrogen (secondary N) is 1. The summed E-state index contributed by atoms with van der Waals surface area (Å²) in [7, 11) is 0. The van der Waals surface area contributed by atoms with Crippen LogP contribution in [0.1, 0.15) is 31.9 Å². The van der Waals surface area contributed by atoms with Crippen LogP contribution in [0, 0.1) is 0 Å². The molecule has 2 aromatic carbocycles. The van der Waals surface area contributed by atoms with Gasteiger partial charge in [-0.05, 0) is 67.3 Å². The molecule has 0 fully saturated rings.